The zero-order valence-corrected chi connectivity index (χ0v) is 19.4. The highest BCUT2D eigenvalue weighted by Crippen LogP contribution is 2.24. The third kappa shape index (κ3) is 4.85. The van der Waals surface area contributed by atoms with E-state index in [2.05, 4.69) is 41.3 Å². The molecule has 0 atom stereocenters. The maximum atomic E-state index is 13.0. The molecule has 3 heterocycles. The molecule has 0 unspecified atom stereocenters. The highest BCUT2D eigenvalue weighted by Gasteiger charge is 2.17. The van der Waals surface area contributed by atoms with Gasteiger partial charge in [0.15, 0.2) is 0 Å². The zero-order chi connectivity index (χ0) is 23.5. The van der Waals surface area contributed by atoms with Crippen molar-refractivity contribution in [3.8, 4) is 16.8 Å². The van der Waals surface area contributed by atoms with Crippen molar-refractivity contribution < 1.29 is 4.79 Å². The van der Waals surface area contributed by atoms with E-state index in [0.29, 0.717) is 17.0 Å². The number of nitrogens with one attached hydrogen (secondary N) is 1. The lowest BCUT2D eigenvalue weighted by molar-refractivity contribution is 0.0941. The number of carbonyl (C=O) groups is 1. The second kappa shape index (κ2) is 9.36. The molecule has 0 saturated carbocycles. The van der Waals surface area contributed by atoms with Crippen molar-refractivity contribution >= 4 is 16.9 Å². The van der Waals surface area contributed by atoms with Gasteiger partial charge in [0.2, 0.25) is 5.43 Å². The van der Waals surface area contributed by atoms with E-state index in [9.17, 15) is 9.59 Å². The lowest BCUT2D eigenvalue weighted by Crippen LogP contribution is -2.34. The summed E-state index contributed by atoms with van der Waals surface area (Å²) in [7, 11) is 0. The normalized spacial score (nSPS) is 11.3. The predicted octanol–water partition coefficient (Wildman–Crippen LogP) is 4.78. The van der Waals surface area contributed by atoms with Crippen LogP contribution in [0.25, 0.3) is 27.8 Å². The fraction of sp³-hybridized carbons (Fsp3) is 0.259. The van der Waals surface area contributed by atoms with E-state index >= 15 is 0 Å². The minimum Gasteiger partial charge on any atom is -0.350 e. The molecule has 0 spiro atoms. The Morgan fingerprint density at radius 1 is 1.00 bits per heavy atom. The summed E-state index contributed by atoms with van der Waals surface area (Å²) in [5.74, 6) is 0.158. The predicted molar refractivity (Wildman–Crippen MR) is 132 cm³/mol. The van der Waals surface area contributed by atoms with Crippen LogP contribution in [-0.4, -0.2) is 26.5 Å². The van der Waals surface area contributed by atoms with Crippen LogP contribution in [0.4, 0.5) is 0 Å². The minimum absolute atomic E-state index is 0.0792. The second-order valence-electron chi connectivity index (χ2n) is 8.93. The molecule has 1 aromatic carbocycles. The Bertz CT molecular complexity index is 1350. The second-order valence-corrected chi connectivity index (χ2v) is 8.93. The van der Waals surface area contributed by atoms with Gasteiger partial charge in [-0.15, -0.1) is 0 Å². The summed E-state index contributed by atoms with van der Waals surface area (Å²) >= 11 is 0. The number of carbonyl (C=O) groups excluding carboxylic acids is 1. The van der Waals surface area contributed by atoms with Crippen molar-refractivity contribution in [3.63, 3.8) is 0 Å². The number of amides is 1. The molecule has 0 aliphatic rings. The Morgan fingerprint density at radius 2 is 1.82 bits per heavy atom. The number of aromatic nitrogens is 3. The van der Waals surface area contributed by atoms with Gasteiger partial charge in [-0.25, -0.2) is 4.98 Å². The summed E-state index contributed by atoms with van der Waals surface area (Å²) in [6.07, 6.45) is 6.06. The molecule has 4 rings (SSSR count). The zero-order valence-electron chi connectivity index (χ0n) is 19.4. The van der Waals surface area contributed by atoms with E-state index in [0.717, 1.165) is 28.9 Å². The van der Waals surface area contributed by atoms with Crippen LogP contribution in [0.3, 0.4) is 0 Å². The van der Waals surface area contributed by atoms with Gasteiger partial charge in [-0.05, 0) is 62.1 Å². The molecule has 0 fully saturated rings. The Balaban J connectivity index is 1.82. The molecule has 6 heteroatoms. The molecule has 0 aliphatic heterocycles. The molecule has 6 nitrogen and oxygen atoms in total. The number of nitrogens with zero attached hydrogens (tertiary/aromatic N) is 3. The Labute approximate surface area is 193 Å². The maximum Gasteiger partial charge on any atom is 0.256 e. The average Bonchev–Trinajstić information content (AvgIpc) is 2.79. The number of hydrogen-bond acceptors (Lipinski definition) is 4. The number of pyridine rings is 3. The molecule has 0 saturated heterocycles. The van der Waals surface area contributed by atoms with Crippen LogP contribution < -0.4 is 10.7 Å². The molecule has 0 radical (unpaired) electrons. The van der Waals surface area contributed by atoms with Crippen LogP contribution in [0.1, 0.15) is 43.7 Å². The number of rotatable bonds is 6. The highest BCUT2D eigenvalue weighted by atomic mass is 16.2. The standard InChI is InChI=1S/C27H28N4O2/c1-17(2)13-21-11-10-20(15-29-21)19-7-5-8-22(14-19)31-16-24(27(33)30-18(3)4)25(32)23-9-6-12-28-26(23)31/h5-12,14-18H,13H2,1-4H3,(H,30,33). The first-order valence-electron chi connectivity index (χ1n) is 11.2. The smallest absolute Gasteiger partial charge is 0.256 e. The molecule has 33 heavy (non-hydrogen) atoms. The van der Waals surface area contributed by atoms with Crippen molar-refractivity contribution in [1.29, 1.82) is 0 Å². The molecule has 3 aromatic heterocycles. The van der Waals surface area contributed by atoms with E-state index in [1.54, 1.807) is 29.1 Å². The Hall–Kier alpha value is -3.80. The summed E-state index contributed by atoms with van der Waals surface area (Å²) in [4.78, 5) is 34.8. The maximum absolute atomic E-state index is 13.0. The van der Waals surface area contributed by atoms with Gasteiger partial charge < -0.3 is 9.88 Å². The van der Waals surface area contributed by atoms with Gasteiger partial charge in [-0.2, -0.15) is 0 Å². The lowest BCUT2D eigenvalue weighted by atomic mass is 10.0. The van der Waals surface area contributed by atoms with Crippen molar-refractivity contribution in [3.05, 3.63) is 88.6 Å². The quantitative estimate of drug-likeness (QED) is 0.468. The summed E-state index contributed by atoms with van der Waals surface area (Å²) in [5.41, 5.74) is 4.14. The van der Waals surface area contributed by atoms with Gasteiger partial charge >= 0.3 is 0 Å². The molecule has 4 aromatic rings. The summed E-state index contributed by atoms with van der Waals surface area (Å²) < 4.78 is 1.80. The van der Waals surface area contributed by atoms with E-state index in [1.807, 2.05) is 44.3 Å². The molecular weight excluding hydrogens is 412 g/mol. The van der Waals surface area contributed by atoms with E-state index in [1.165, 1.54) is 0 Å². The average molecular weight is 441 g/mol. The largest absolute Gasteiger partial charge is 0.350 e. The van der Waals surface area contributed by atoms with Gasteiger partial charge in [-0.1, -0.05) is 32.0 Å². The van der Waals surface area contributed by atoms with Gasteiger partial charge in [0.05, 0.1) is 5.39 Å². The van der Waals surface area contributed by atoms with Crippen molar-refractivity contribution in [2.45, 2.75) is 40.2 Å². The first-order valence-corrected chi connectivity index (χ1v) is 11.2. The monoisotopic (exact) mass is 440 g/mol. The first-order chi connectivity index (χ1) is 15.8. The number of benzene rings is 1. The van der Waals surface area contributed by atoms with Crippen LogP contribution >= 0.6 is 0 Å². The van der Waals surface area contributed by atoms with Gasteiger partial charge in [0.25, 0.3) is 5.91 Å². The fourth-order valence-electron chi connectivity index (χ4n) is 3.83. The van der Waals surface area contributed by atoms with Crippen LogP contribution in [0.5, 0.6) is 0 Å². The first kappa shape index (κ1) is 22.4. The van der Waals surface area contributed by atoms with Crippen LogP contribution in [-0.2, 0) is 6.42 Å². The molecule has 1 N–H and O–H groups in total. The third-order valence-corrected chi connectivity index (χ3v) is 5.33. The summed E-state index contributed by atoms with van der Waals surface area (Å²) in [5, 5.41) is 3.22. The SMILES string of the molecule is CC(C)Cc1ccc(-c2cccc(-n3cc(C(=O)NC(C)C)c(=O)c4cccnc43)c2)cn1. The molecule has 0 aliphatic carbocycles. The topological polar surface area (TPSA) is 76.9 Å². The van der Waals surface area contributed by atoms with E-state index in [-0.39, 0.29) is 17.0 Å². The lowest BCUT2D eigenvalue weighted by Gasteiger charge is -2.15. The number of fused-ring (bicyclic) bond motifs is 1. The molecule has 168 valence electrons. The Kier molecular flexibility index (Phi) is 6.36. The van der Waals surface area contributed by atoms with Gasteiger partial charge in [-0.3, -0.25) is 14.6 Å². The summed E-state index contributed by atoms with van der Waals surface area (Å²) in [6, 6.07) is 15.4. The molecular formula is C27H28N4O2. The van der Waals surface area contributed by atoms with Crippen LogP contribution in [0.15, 0.2) is 71.9 Å². The molecule has 0 bridgehead atoms. The number of hydrogen-bond donors (Lipinski definition) is 1. The van der Waals surface area contributed by atoms with Crippen molar-refractivity contribution in [1.82, 2.24) is 19.9 Å². The van der Waals surface area contributed by atoms with Crippen LogP contribution in [0.2, 0.25) is 0 Å². The third-order valence-electron chi connectivity index (χ3n) is 5.33. The highest BCUT2D eigenvalue weighted by molar-refractivity contribution is 5.97. The summed E-state index contributed by atoms with van der Waals surface area (Å²) in [6.45, 7) is 8.08. The van der Waals surface area contributed by atoms with Gasteiger partial charge in [0, 0.05) is 41.6 Å². The van der Waals surface area contributed by atoms with Crippen molar-refractivity contribution in [2.75, 3.05) is 0 Å². The Morgan fingerprint density at radius 3 is 2.52 bits per heavy atom. The molecule has 1 amide bonds. The van der Waals surface area contributed by atoms with Gasteiger partial charge in [0.1, 0.15) is 11.2 Å². The van der Waals surface area contributed by atoms with Crippen LogP contribution in [0, 0.1) is 5.92 Å². The van der Waals surface area contributed by atoms with E-state index in [4.69, 9.17) is 0 Å². The van der Waals surface area contributed by atoms with Crippen molar-refractivity contribution in [2.24, 2.45) is 5.92 Å². The van der Waals surface area contributed by atoms with E-state index < -0.39 is 5.91 Å². The minimum atomic E-state index is -0.393. The fourth-order valence-corrected chi connectivity index (χ4v) is 3.83.